The number of carbonyl (C=O) groups excluding carboxylic acids is 1. The fraction of sp³-hybridized carbons (Fsp3) is 0.455. The summed E-state index contributed by atoms with van der Waals surface area (Å²) in [4.78, 5) is 16.2. The van der Waals surface area contributed by atoms with Gasteiger partial charge in [0, 0.05) is 24.1 Å². The van der Waals surface area contributed by atoms with E-state index < -0.39 is 32.2 Å². The lowest BCUT2D eigenvalue weighted by molar-refractivity contribution is 0.0102. The number of anilines is 1. The molecule has 1 heterocycles. The third-order valence-corrected chi connectivity index (χ3v) is 10.00. The molecule has 6 nitrogen and oxygen atoms in total. The molecule has 0 aliphatic heterocycles. The average Bonchev–Trinajstić information content (AvgIpc) is 2.67. The number of hydrogen-bond donors (Lipinski definition) is 3. The normalized spacial score (nSPS) is 14.3. The molecule has 2 aromatic rings. The highest BCUT2D eigenvalue weighted by Gasteiger charge is 2.41. The highest BCUT2D eigenvalue weighted by atomic mass is 28.4. The van der Waals surface area contributed by atoms with E-state index in [-0.39, 0.29) is 35.0 Å². The Morgan fingerprint density at radius 2 is 1.97 bits per heavy atom. The van der Waals surface area contributed by atoms with Gasteiger partial charge in [0.15, 0.2) is 8.32 Å². The van der Waals surface area contributed by atoms with Crippen LogP contribution in [0.2, 0.25) is 18.1 Å². The second-order valence-corrected chi connectivity index (χ2v) is 13.5. The third-order valence-electron chi connectivity index (χ3n) is 5.49. The van der Waals surface area contributed by atoms with Crippen LogP contribution in [0.3, 0.4) is 0 Å². The molecule has 2 atom stereocenters. The van der Waals surface area contributed by atoms with Crippen molar-refractivity contribution in [3.63, 3.8) is 0 Å². The maximum absolute atomic E-state index is 14.8. The number of hydrogen-bond acceptors (Lipinski definition) is 5. The molecule has 30 heavy (non-hydrogen) atoms. The standard InChI is InChI=1S/C22H31FN2O4Si/c1-22(2,3)30(4,5)29-19(11-13-26)20(27)16-10-9-15(14-17(16)23)25-21(28)18-8-6-7-12-24-18/h6-10,12,14,19-20,26-27H,11,13H2,1-5H3,(H,25,28). The van der Waals surface area contributed by atoms with E-state index >= 15 is 0 Å². The van der Waals surface area contributed by atoms with Crippen molar-refractivity contribution in [1.29, 1.82) is 0 Å². The molecule has 1 aromatic heterocycles. The van der Waals surface area contributed by atoms with E-state index in [9.17, 15) is 19.4 Å². The summed E-state index contributed by atoms with van der Waals surface area (Å²) in [5, 5.41) is 22.7. The SMILES string of the molecule is CC(C)(C)[Si](C)(C)OC(CCO)C(O)c1ccc(NC(=O)c2ccccn2)cc1F. The Morgan fingerprint density at radius 3 is 2.50 bits per heavy atom. The van der Waals surface area contributed by atoms with Crippen LogP contribution in [0.15, 0.2) is 42.6 Å². The smallest absolute Gasteiger partial charge is 0.274 e. The van der Waals surface area contributed by atoms with E-state index in [1.807, 2.05) is 13.1 Å². The van der Waals surface area contributed by atoms with Crippen LogP contribution in [0.4, 0.5) is 10.1 Å². The summed E-state index contributed by atoms with van der Waals surface area (Å²) in [6, 6.07) is 9.04. The summed E-state index contributed by atoms with van der Waals surface area (Å²) in [5.74, 6) is -1.12. The first-order valence-corrected chi connectivity index (χ1v) is 12.9. The number of aromatic nitrogens is 1. The molecule has 0 saturated heterocycles. The Labute approximate surface area is 178 Å². The first kappa shape index (κ1) is 24.1. The van der Waals surface area contributed by atoms with Gasteiger partial charge in [-0.15, -0.1) is 0 Å². The van der Waals surface area contributed by atoms with Crippen LogP contribution in [0, 0.1) is 5.82 Å². The Kier molecular flexibility index (Phi) is 7.87. The minimum Gasteiger partial charge on any atom is -0.411 e. The van der Waals surface area contributed by atoms with Crippen molar-refractivity contribution in [3.05, 3.63) is 59.7 Å². The van der Waals surface area contributed by atoms with Gasteiger partial charge in [0.05, 0.1) is 6.10 Å². The molecule has 3 N–H and O–H groups in total. The van der Waals surface area contributed by atoms with Crippen LogP contribution in [-0.2, 0) is 4.43 Å². The highest BCUT2D eigenvalue weighted by molar-refractivity contribution is 6.74. The van der Waals surface area contributed by atoms with Crippen LogP contribution < -0.4 is 5.32 Å². The monoisotopic (exact) mass is 434 g/mol. The van der Waals surface area contributed by atoms with Crippen molar-refractivity contribution in [2.45, 2.75) is 57.5 Å². The topological polar surface area (TPSA) is 91.7 Å². The van der Waals surface area contributed by atoms with Gasteiger partial charge in [-0.25, -0.2) is 4.39 Å². The number of amides is 1. The Balaban J connectivity index is 2.19. The largest absolute Gasteiger partial charge is 0.411 e. The molecule has 0 fully saturated rings. The van der Waals surface area contributed by atoms with Crippen LogP contribution in [0.1, 0.15) is 49.3 Å². The van der Waals surface area contributed by atoms with Gasteiger partial charge in [0.2, 0.25) is 0 Å². The van der Waals surface area contributed by atoms with E-state index in [0.717, 1.165) is 6.07 Å². The molecular formula is C22H31FN2O4Si. The number of halogens is 1. The van der Waals surface area contributed by atoms with E-state index in [2.05, 4.69) is 31.1 Å². The predicted molar refractivity (Wildman–Crippen MR) is 117 cm³/mol. The molecule has 2 rings (SSSR count). The van der Waals surface area contributed by atoms with Gasteiger partial charge in [-0.2, -0.15) is 0 Å². The first-order chi connectivity index (χ1) is 14.0. The molecule has 0 aliphatic rings. The summed E-state index contributed by atoms with van der Waals surface area (Å²) < 4.78 is 21.0. The molecule has 0 saturated carbocycles. The maximum Gasteiger partial charge on any atom is 0.274 e. The molecule has 164 valence electrons. The lowest BCUT2D eigenvalue weighted by Gasteiger charge is -2.40. The summed E-state index contributed by atoms with van der Waals surface area (Å²) in [6.07, 6.45) is -0.296. The molecule has 1 aromatic carbocycles. The minimum absolute atomic E-state index is 0.0583. The number of nitrogens with zero attached hydrogens (tertiary/aromatic N) is 1. The fourth-order valence-electron chi connectivity index (χ4n) is 2.70. The number of rotatable bonds is 8. The van der Waals surface area contributed by atoms with Crippen LogP contribution in [-0.4, -0.2) is 42.1 Å². The molecule has 2 unspecified atom stereocenters. The Hall–Kier alpha value is -2.13. The van der Waals surface area contributed by atoms with Gasteiger partial charge in [0.1, 0.15) is 17.6 Å². The Bertz CT molecular complexity index is 856. The quantitative estimate of drug-likeness (QED) is 0.540. The molecule has 0 aliphatic carbocycles. The average molecular weight is 435 g/mol. The van der Waals surface area contributed by atoms with Crippen molar-refractivity contribution >= 4 is 19.9 Å². The predicted octanol–water partition coefficient (Wildman–Crippen LogP) is 4.28. The second kappa shape index (κ2) is 9.78. The van der Waals surface area contributed by atoms with E-state index in [4.69, 9.17) is 4.43 Å². The molecule has 8 heteroatoms. The third kappa shape index (κ3) is 5.95. The molecule has 0 radical (unpaired) electrons. The summed E-state index contributed by atoms with van der Waals surface area (Å²) in [7, 11) is -2.25. The maximum atomic E-state index is 14.8. The van der Waals surface area contributed by atoms with Gasteiger partial charge in [-0.05, 0) is 48.8 Å². The highest BCUT2D eigenvalue weighted by Crippen LogP contribution is 2.39. The zero-order valence-corrected chi connectivity index (χ0v) is 19.1. The number of aliphatic hydroxyl groups is 2. The van der Waals surface area contributed by atoms with Gasteiger partial charge in [-0.3, -0.25) is 9.78 Å². The van der Waals surface area contributed by atoms with Crippen molar-refractivity contribution < 1.29 is 23.8 Å². The van der Waals surface area contributed by atoms with Crippen LogP contribution in [0.5, 0.6) is 0 Å². The van der Waals surface area contributed by atoms with Crippen molar-refractivity contribution in [2.24, 2.45) is 0 Å². The first-order valence-electron chi connectivity index (χ1n) is 9.95. The van der Waals surface area contributed by atoms with Gasteiger partial charge < -0.3 is 20.0 Å². The molecule has 0 spiro atoms. The molecule has 0 bridgehead atoms. The van der Waals surface area contributed by atoms with Crippen LogP contribution in [0.25, 0.3) is 0 Å². The Morgan fingerprint density at radius 1 is 1.27 bits per heavy atom. The summed E-state index contributed by atoms with van der Waals surface area (Å²) in [5.41, 5.74) is 0.527. The zero-order chi connectivity index (χ0) is 22.5. The van der Waals surface area contributed by atoms with Crippen LogP contribution >= 0.6 is 0 Å². The molecular weight excluding hydrogens is 403 g/mol. The van der Waals surface area contributed by atoms with Crippen molar-refractivity contribution in [1.82, 2.24) is 4.98 Å². The minimum atomic E-state index is -2.25. The van der Waals surface area contributed by atoms with Gasteiger partial charge >= 0.3 is 0 Å². The van der Waals surface area contributed by atoms with Crippen molar-refractivity contribution in [2.75, 3.05) is 11.9 Å². The van der Waals surface area contributed by atoms with E-state index in [0.29, 0.717) is 0 Å². The van der Waals surface area contributed by atoms with E-state index in [1.54, 1.807) is 18.2 Å². The second-order valence-electron chi connectivity index (χ2n) is 8.78. The number of benzene rings is 1. The molecule has 1 amide bonds. The number of pyridine rings is 1. The van der Waals surface area contributed by atoms with Crippen molar-refractivity contribution in [3.8, 4) is 0 Å². The number of aliphatic hydroxyl groups excluding tert-OH is 2. The lowest BCUT2D eigenvalue weighted by Crippen LogP contribution is -2.45. The zero-order valence-electron chi connectivity index (χ0n) is 18.1. The van der Waals surface area contributed by atoms with Gasteiger partial charge in [-0.1, -0.05) is 32.9 Å². The summed E-state index contributed by atoms with van der Waals surface area (Å²) in [6.45, 7) is 10.1. The lowest BCUT2D eigenvalue weighted by atomic mass is 10.0. The number of carbonyl (C=O) groups is 1. The summed E-state index contributed by atoms with van der Waals surface area (Å²) >= 11 is 0. The fourth-order valence-corrected chi connectivity index (χ4v) is 4.06. The van der Waals surface area contributed by atoms with Gasteiger partial charge in [0.25, 0.3) is 5.91 Å². The number of nitrogens with one attached hydrogen (secondary N) is 1. The van der Waals surface area contributed by atoms with E-state index in [1.165, 1.54) is 18.3 Å².